The summed E-state index contributed by atoms with van der Waals surface area (Å²) in [5, 5.41) is 0. The molecule has 0 amide bonds. The van der Waals surface area contributed by atoms with Gasteiger partial charge in [0.2, 0.25) is 0 Å². The Balaban J connectivity index is 1.61. The fourth-order valence-electron chi connectivity index (χ4n) is 2.71. The van der Waals surface area contributed by atoms with Gasteiger partial charge in [0.15, 0.2) is 0 Å². The van der Waals surface area contributed by atoms with E-state index in [0.717, 1.165) is 43.1 Å². The lowest BCUT2D eigenvalue weighted by Crippen LogP contribution is -2.46. The minimum atomic E-state index is -0.119. The number of rotatable bonds is 3. The summed E-state index contributed by atoms with van der Waals surface area (Å²) < 4.78 is 13.7. The fourth-order valence-corrected chi connectivity index (χ4v) is 2.71. The quantitative estimate of drug-likeness (QED) is 0.866. The minimum absolute atomic E-state index is 0.119. The van der Waals surface area contributed by atoms with E-state index < -0.39 is 0 Å². The molecule has 1 aliphatic heterocycles. The van der Waals surface area contributed by atoms with Crippen LogP contribution in [0.15, 0.2) is 36.8 Å². The largest absolute Gasteiger partial charge is 0.354 e. The Morgan fingerprint density at radius 3 is 2.62 bits per heavy atom. The molecule has 1 saturated heterocycles. The van der Waals surface area contributed by atoms with E-state index in [0.29, 0.717) is 6.54 Å². The Labute approximate surface area is 124 Å². The molecule has 2 heterocycles. The molecule has 0 spiro atoms. The van der Waals surface area contributed by atoms with Crippen LogP contribution < -0.4 is 4.90 Å². The van der Waals surface area contributed by atoms with Crippen LogP contribution in [0, 0.1) is 12.7 Å². The molecule has 110 valence electrons. The van der Waals surface area contributed by atoms with Gasteiger partial charge in [-0.05, 0) is 13.0 Å². The van der Waals surface area contributed by atoms with Crippen molar-refractivity contribution in [2.75, 3.05) is 31.1 Å². The first-order chi connectivity index (χ1) is 10.2. The van der Waals surface area contributed by atoms with Gasteiger partial charge in [-0.3, -0.25) is 4.90 Å². The Morgan fingerprint density at radius 2 is 1.90 bits per heavy atom. The van der Waals surface area contributed by atoms with Gasteiger partial charge in [-0.25, -0.2) is 14.4 Å². The zero-order valence-electron chi connectivity index (χ0n) is 12.2. The number of benzene rings is 1. The summed E-state index contributed by atoms with van der Waals surface area (Å²) in [5.74, 6) is 0.891. The highest BCUT2D eigenvalue weighted by Crippen LogP contribution is 2.18. The molecule has 0 bridgehead atoms. The Hall–Kier alpha value is -2.01. The molecule has 0 aliphatic carbocycles. The van der Waals surface area contributed by atoms with Crippen molar-refractivity contribution in [1.29, 1.82) is 0 Å². The van der Waals surface area contributed by atoms with Crippen LogP contribution in [0.25, 0.3) is 0 Å². The van der Waals surface area contributed by atoms with E-state index in [9.17, 15) is 4.39 Å². The van der Waals surface area contributed by atoms with Crippen LogP contribution >= 0.6 is 0 Å². The summed E-state index contributed by atoms with van der Waals surface area (Å²) in [5.41, 5.74) is 1.87. The van der Waals surface area contributed by atoms with E-state index in [4.69, 9.17) is 0 Å². The van der Waals surface area contributed by atoms with Gasteiger partial charge in [-0.2, -0.15) is 0 Å². The van der Waals surface area contributed by atoms with E-state index in [1.807, 2.05) is 25.3 Å². The van der Waals surface area contributed by atoms with Gasteiger partial charge in [0.25, 0.3) is 0 Å². The smallest absolute Gasteiger partial charge is 0.134 e. The highest BCUT2D eigenvalue weighted by atomic mass is 19.1. The third-order valence-corrected chi connectivity index (χ3v) is 3.89. The van der Waals surface area contributed by atoms with E-state index in [1.54, 1.807) is 12.4 Å². The lowest BCUT2D eigenvalue weighted by molar-refractivity contribution is 0.246. The van der Waals surface area contributed by atoms with Crippen molar-refractivity contribution in [3.05, 3.63) is 53.7 Å². The summed E-state index contributed by atoms with van der Waals surface area (Å²) in [7, 11) is 0. The number of aryl methyl sites for hydroxylation is 1. The maximum atomic E-state index is 13.7. The van der Waals surface area contributed by atoms with Crippen molar-refractivity contribution < 1.29 is 4.39 Å². The molecular weight excluding hydrogens is 267 g/mol. The standard InChI is InChI=1S/C16H19FN4/c1-13-10-18-12-19-16(13)21-8-6-20(7-9-21)11-14-4-2-3-5-15(14)17/h2-5,10,12H,6-9,11H2,1H3. The minimum Gasteiger partial charge on any atom is -0.354 e. The topological polar surface area (TPSA) is 32.3 Å². The number of hydrogen-bond donors (Lipinski definition) is 0. The summed E-state index contributed by atoms with van der Waals surface area (Å²) in [4.78, 5) is 12.9. The van der Waals surface area contributed by atoms with Gasteiger partial charge >= 0.3 is 0 Å². The van der Waals surface area contributed by atoms with E-state index >= 15 is 0 Å². The van der Waals surface area contributed by atoms with Crippen LogP contribution in [0.1, 0.15) is 11.1 Å². The number of anilines is 1. The average Bonchev–Trinajstić information content (AvgIpc) is 2.51. The maximum absolute atomic E-state index is 13.7. The van der Waals surface area contributed by atoms with Gasteiger partial charge in [0.05, 0.1) is 0 Å². The number of halogens is 1. The number of aromatic nitrogens is 2. The van der Waals surface area contributed by atoms with Gasteiger partial charge in [0, 0.05) is 50.0 Å². The average molecular weight is 286 g/mol. The third-order valence-electron chi connectivity index (χ3n) is 3.89. The van der Waals surface area contributed by atoms with Crippen molar-refractivity contribution in [2.24, 2.45) is 0 Å². The summed E-state index contributed by atoms with van der Waals surface area (Å²) in [6, 6.07) is 7.00. The predicted molar refractivity (Wildman–Crippen MR) is 80.7 cm³/mol. The second-order valence-corrected chi connectivity index (χ2v) is 5.38. The summed E-state index contributed by atoms with van der Waals surface area (Å²) in [6.45, 7) is 6.35. The van der Waals surface area contributed by atoms with Crippen LogP contribution in [0.4, 0.5) is 10.2 Å². The molecule has 0 radical (unpaired) electrons. The highest BCUT2D eigenvalue weighted by molar-refractivity contribution is 5.44. The molecule has 1 aliphatic rings. The fraction of sp³-hybridized carbons (Fsp3) is 0.375. The molecule has 5 heteroatoms. The molecule has 0 atom stereocenters. The van der Waals surface area contributed by atoms with Crippen LogP contribution in [0.3, 0.4) is 0 Å². The predicted octanol–water partition coefficient (Wildman–Crippen LogP) is 2.25. The van der Waals surface area contributed by atoms with Crippen molar-refractivity contribution in [1.82, 2.24) is 14.9 Å². The molecule has 4 nitrogen and oxygen atoms in total. The molecule has 21 heavy (non-hydrogen) atoms. The lowest BCUT2D eigenvalue weighted by Gasteiger charge is -2.35. The normalized spacial score (nSPS) is 16.2. The molecule has 0 N–H and O–H groups in total. The monoisotopic (exact) mass is 286 g/mol. The highest BCUT2D eigenvalue weighted by Gasteiger charge is 2.19. The molecule has 1 aromatic carbocycles. The summed E-state index contributed by atoms with van der Waals surface area (Å²) in [6.07, 6.45) is 3.43. The first-order valence-corrected chi connectivity index (χ1v) is 7.21. The van der Waals surface area contributed by atoms with Crippen LogP contribution in [-0.2, 0) is 6.54 Å². The summed E-state index contributed by atoms with van der Waals surface area (Å²) >= 11 is 0. The second-order valence-electron chi connectivity index (χ2n) is 5.38. The number of piperazine rings is 1. The maximum Gasteiger partial charge on any atom is 0.134 e. The van der Waals surface area contributed by atoms with E-state index in [-0.39, 0.29) is 5.82 Å². The Morgan fingerprint density at radius 1 is 1.14 bits per heavy atom. The molecule has 0 unspecified atom stereocenters. The van der Waals surface area contributed by atoms with Gasteiger partial charge in [-0.15, -0.1) is 0 Å². The van der Waals surface area contributed by atoms with Crippen molar-refractivity contribution in [3.63, 3.8) is 0 Å². The Bertz CT molecular complexity index is 609. The van der Waals surface area contributed by atoms with E-state index in [2.05, 4.69) is 19.8 Å². The first kappa shape index (κ1) is 13.9. The molecule has 0 saturated carbocycles. The molecule has 1 aromatic heterocycles. The van der Waals surface area contributed by atoms with Crippen LogP contribution in [-0.4, -0.2) is 41.0 Å². The van der Waals surface area contributed by atoms with Crippen molar-refractivity contribution >= 4 is 5.82 Å². The van der Waals surface area contributed by atoms with Crippen molar-refractivity contribution in [2.45, 2.75) is 13.5 Å². The van der Waals surface area contributed by atoms with Gasteiger partial charge < -0.3 is 4.90 Å². The van der Waals surface area contributed by atoms with Crippen molar-refractivity contribution in [3.8, 4) is 0 Å². The van der Waals surface area contributed by atoms with Crippen LogP contribution in [0.5, 0.6) is 0 Å². The Kier molecular flexibility index (Phi) is 4.10. The third kappa shape index (κ3) is 3.19. The van der Waals surface area contributed by atoms with Crippen LogP contribution in [0.2, 0.25) is 0 Å². The molecular formula is C16H19FN4. The zero-order chi connectivity index (χ0) is 14.7. The first-order valence-electron chi connectivity index (χ1n) is 7.21. The molecule has 3 rings (SSSR count). The van der Waals surface area contributed by atoms with Gasteiger partial charge in [0.1, 0.15) is 18.0 Å². The van der Waals surface area contributed by atoms with Gasteiger partial charge in [-0.1, -0.05) is 18.2 Å². The second kappa shape index (κ2) is 6.18. The molecule has 2 aromatic rings. The zero-order valence-corrected chi connectivity index (χ0v) is 12.2. The number of hydrogen-bond acceptors (Lipinski definition) is 4. The lowest BCUT2D eigenvalue weighted by atomic mass is 10.2. The SMILES string of the molecule is Cc1cncnc1N1CCN(Cc2ccccc2F)CC1. The molecule has 1 fully saturated rings. The number of nitrogens with zero attached hydrogens (tertiary/aromatic N) is 4. The van der Waals surface area contributed by atoms with E-state index in [1.165, 1.54) is 6.07 Å².